The molecule has 1 amide bonds. The van der Waals surface area contributed by atoms with E-state index >= 15 is 0 Å². The van der Waals surface area contributed by atoms with Crippen LogP contribution in [0.3, 0.4) is 0 Å². The molecular weight excluding hydrogens is 321 g/mol. The average molecular weight is 354 g/mol. The fourth-order valence-corrected chi connectivity index (χ4v) is 3.73. The maximum atomic E-state index is 12.6. The molecule has 1 heterocycles. The first-order valence-electron chi connectivity index (χ1n) is 8.28. The number of likely N-dealkylation sites (N-methyl/N-ethyl adjacent to an activating group) is 1. The second kappa shape index (κ2) is 9.96. The first-order valence-corrected chi connectivity index (χ1v) is 8.28. The van der Waals surface area contributed by atoms with E-state index in [0.717, 1.165) is 38.6 Å². The first-order chi connectivity index (χ1) is 9.53. The van der Waals surface area contributed by atoms with Crippen molar-refractivity contribution >= 4 is 30.7 Å². The van der Waals surface area contributed by atoms with E-state index in [9.17, 15) is 4.79 Å². The fourth-order valence-electron chi connectivity index (χ4n) is 3.73. The van der Waals surface area contributed by atoms with Gasteiger partial charge in [-0.2, -0.15) is 0 Å². The van der Waals surface area contributed by atoms with Crippen LogP contribution >= 0.6 is 24.8 Å². The van der Waals surface area contributed by atoms with Gasteiger partial charge in [0.1, 0.15) is 0 Å². The summed E-state index contributed by atoms with van der Waals surface area (Å²) in [7, 11) is 4.13. The predicted molar refractivity (Wildman–Crippen MR) is 97.0 cm³/mol. The molecule has 0 aromatic rings. The van der Waals surface area contributed by atoms with E-state index in [1.54, 1.807) is 0 Å². The highest BCUT2D eigenvalue weighted by atomic mass is 35.5. The zero-order valence-corrected chi connectivity index (χ0v) is 15.7. The Morgan fingerprint density at radius 2 is 1.82 bits per heavy atom. The minimum absolute atomic E-state index is 0. The maximum absolute atomic E-state index is 12.6. The highest BCUT2D eigenvalue weighted by Crippen LogP contribution is 2.27. The van der Waals surface area contributed by atoms with Crippen molar-refractivity contribution in [2.45, 2.75) is 69.4 Å². The molecule has 0 spiro atoms. The van der Waals surface area contributed by atoms with Crippen LogP contribution < -0.4 is 5.73 Å². The van der Waals surface area contributed by atoms with Crippen molar-refractivity contribution in [2.75, 3.05) is 27.2 Å². The molecule has 0 bridgehead atoms. The Bertz CT molecular complexity index is 335. The van der Waals surface area contributed by atoms with E-state index in [-0.39, 0.29) is 30.7 Å². The quantitative estimate of drug-likeness (QED) is 0.845. The highest BCUT2D eigenvalue weighted by molar-refractivity contribution is 5.86. The van der Waals surface area contributed by atoms with Crippen LogP contribution in [0.1, 0.15) is 57.8 Å². The summed E-state index contributed by atoms with van der Waals surface area (Å²) in [5, 5.41) is 0. The average Bonchev–Trinajstić information content (AvgIpc) is 2.46. The van der Waals surface area contributed by atoms with Gasteiger partial charge in [0.25, 0.3) is 0 Å². The maximum Gasteiger partial charge on any atom is 0.242 e. The second-order valence-electron chi connectivity index (χ2n) is 6.86. The molecule has 0 aromatic heterocycles. The van der Waals surface area contributed by atoms with E-state index < -0.39 is 5.54 Å². The predicted octanol–water partition coefficient (Wildman–Crippen LogP) is 2.82. The van der Waals surface area contributed by atoms with Gasteiger partial charge in [0, 0.05) is 19.6 Å². The van der Waals surface area contributed by atoms with Crippen molar-refractivity contribution in [3.63, 3.8) is 0 Å². The molecule has 1 aliphatic carbocycles. The number of carbonyl (C=O) groups excluding carboxylic acids is 1. The van der Waals surface area contributed by atoms with Gasteiger partial charge in [0.15, 0.2) is 0 Å². The van der Waals surface area contributed by atoms with Gasteiger partial charge >= 0.3 is 0 Å². The van der Waals surface area contributed by atoms with E-state index in [1.165, 1.54) is 32.2 Å². The summed E-state index contributed by atoms with van der Waals surface area (Å²) in [6.45, 7) is 2.04. The van der Waals surface area contributed by atoms with Gasteiger partial charge in [-0.1, -0.05) is 25.7 Å². The van der Waals surface area contributed by atoms with Crippen LogP contribution in [0.15, 0.2) is 0 Å². The van der Waals surface area contributed by atoms with Crippen molar-refractivity contribution in [3.05, 3.63) is 0 Å². The number of rotatable bonds is 4. The summed E-state index contributed by atoms with van der Waals surface area (Å²) < 4.78 is 0. The molecule has 2 fully saturated rings. The Morgan fingerprint density at radius 3 is 2.41 bits per heavy atom. The lowest BCUT2D eigenvalue weighted by molar-refractivity contribution is -0.137. The van der Waals surface area contributed by atoms with E-state index in [0.29, 0.717) is 6.04 Å². The summed E-state index contributed by atoms with van der Waals surface area (Å²) in [5.74, 6) is 0.163. The fraction of sp³-hybridized carbons (Fsp3) is 0.938. The summed E-state index contributed by atoms with van der Waals surface area (Å²) in [6.07, 6.45) is 10.1. The van der Waals surface area contributed by atoms with Crippen LogP contribution in [0.2, 0.25) is 0 Å². The normalized spacial score (nSPS) is 24.8. The van der Waals surface area contributed by atoms with Crippen LogP contribution in [0.5, 0.6) is 0 Å². The smallest absolute Gasteiger partial charge is 0.242 e. The molecule has 132 valence electrons. The highest BCUT2D eigenvalue weighted by Gasteiger charge is 2.37. The third kappa shape index (κ3) is 5.55. The Balaban J connectivity index is 0.00000220. The number of carbonyl (C=O) groups is 1. The number of piperidine rings is 1. The van der Waals surface area contributed by atoms with Gasteiger partial charge in [0.2, 0.25) is 5.91 Å². The number of likely N-dealkylation sites (tertiary alicyclic amines) is 1. The number of hydrogen-bond acceptors (Lipinski definition) is 3. The molecule has 1 saturated carbocycles. The van der Waals surface area contributed by atoms with Crippen LogP contribution in [0.25, 0.3) is 0 Å². The molecule has 1 unspecified atom stereocenters. The van der Waals surface area contributed by atoms with Crippen LogP contribution in [-0.4, -0.2) is 54.5 Å². The number of hydrogen-bond donors (Lipinski definition) is 1. The lowest BCUT2D eigenvalue weighted by Gasteiger charge is -2.37. The Hall–Kier alpha value is -0.0300. The largest absolute Gasteiger partial charge is 0.344 e. The molecule has 4 nitrogen and oxygen atoms in total. The van der Waals surface area contributed by atoms with Crippen LogP contribution in [0, 0.1) is 0 Å². The molecule has 2 N–H and O–H groups in total. The summed E-state index contributed by atoms with van der Waals surface area (Å²) in [5.41, 5.74) is 5.76. The van der Waals surface area contributed by atoms with E-state index in [1.807, 2.05) is 11.9 Å². The number of nitrogens with zero attached hydrogens (tertiary/aromatic N) is 2. The lowest BCUT2D eigenvalue weighted by Crippen LogP contribution is -2.55. The molecule has 1 saturated heterocycles. The van der Waals surface area contributed by atoms with Gasteiger partial charge in [-0.3, -0.25) is 4.79 Å². The summed E-state index contributed by atoms with van der Waals surface area (Å²) >= 11 is 0. The zero-order valence-electron chi connectivity index (χ0n) is 14.1. The monoisotopic (exact) mass is 353 g/mol. The van der Waals surface area contributed by atoms with Crippen molar-refractivity contribution < 1.29 is 4.79 Å². The Morgan fingerprint density at radius 1 is 1.18 bits per heavy atom. The van der Waals surface area contributed by atoms with Crippen molar-refractivity contribution in [1.29, 1.82) is 0 Å². The Kier molecular flexibility index (Phi) is 9.95. The van der Waals surface area contributed by atoms with Gasteiger partial charge in [-0.05, 0) is 45.7 Å². The third-order valence-corrected chi connectivity index (χ3v) is 5.24. The molecule has 0 aromatic carbocycles. The molecule has 2 rings (SSSR count). The van der Waals surface area contributed by atoms with Crippen LogP contribution in [0.4, 0.5) is 0 Å². The molecular formula is C16H33Cl2N3O. The number of nitrogens with two attached hydrogens (primary N) is 1. The minimum Gasteiger partial charge on any atom is -0.344 e. The first kappa shape index (κ1) is 22.0. The lowest BCUT2D eigenvalue weighted by atomic mass is 9.81. The zero-order chi connectivity index (χ0) is 14.6. The van der Waals surface area contributed by atoms with E-state index in [4.69, 9.17) is 5.73 Å². The van der Waals surface area contributed by atoms with Gasteiger partial charge in [-0.15, -0.1) is 24.8 Å². The Labute approximate surface area is 148 Å². The summed E-state index contributed by atoms with van der Waals surface area (Å²) in [6, 6.07) is 0.638. The standard InChI is InChI=1S/C16H31N3O.2ClH/c1-18-12-7-4-8-14(18)9-13-19(2)15(20)16(17)10-5-3-6-11-16;;/h14H,3-13,17H2,1-2H3;2*1H. The van der Waals surface area contributed by atoms with Crippen molar-refractivity contribution in [1.82, 2.24) is 9.80 Å². The molecule has 22 heavy (non-hydrogen) atoms. The van der Waals surface area contributed by atoms with Gasteiger partial charge in [0.05, 0.1) is 5.54 Å². The SMILES string of the molecule is CN(CCC1CCCCN1C)C(=O)C1(N)CCCCC1.Cl.Cl. The molecule has 6 heteroatoms. The van der Waals surface area contributed by atoms with Crippen molar-refractivity contribution in [2.24, 2.45) is 5.73 Å². The third-order valence-electron chi connectivity index (χ3n) is 5.24. The number of halogens is 2. The number of amides is 1. The molecule has 1 atom stereocenters. The van der Waals surface area contributed by atoms with E-state index in [2.05, 4.69) is 11.9 Å². The van der Waals surface area contributed by atoms with Crippen LogP contribution in [-0.2, 0) is 4.79 Å². The molecule has 2 aliphatic rings. The molecule has 1 aliphatic heterocycles. The van der Waals surface area contributed by atoms with Crippen molar-refractivity contribution in [3.8, 4) is 0 Å². The topological polar surface area (TPSA) is 49.6 Å². The summed E-state index contributed by atoms with van der Waals surface area (Å²) in [4.78, 5) is 16.9. The van der Waals surface area contributed by atoms with Gasteiger partial charge < -0.3 is 15.5 Å². The minimum atomic E-state index is -0.578. The van der Waals surface area contributed by atoms with Gasteiger partial charge in [-0.25, -0.2) is 0 Å². The molecule has 0 radical (unpaired) electrons. The second-order valence-corrected chi connectivity index (χ2v) is 6.86.